The van der Waals surface area contributed by atoms with Gasteiger partial charge in [-0.25, -0.2) is 9.97 Å². The number of benzene rings is 2. The molecule has 0 bridgehead atoms. The summed E-state index contributed by atoms with van der Waals surface area (Å²) >= 11 is 0.890. The van der Waals surface area contributed by atoms with Crippen LogP contribution in [0.1, 0.15) is 42.5 Å². The van der Waals surface area contributed by atoms with Gasteiger partial charge in [-0.3, -0.25) is 14.9 Å². The van der Waals surface area contributed by atoms with Gasteiger partial charge in [-0.1, -0.05) is 54.1 Å². The van der Waals surface area contributed by atoms with E-state index < -0.39 is 0 Å². The number of hydrogen-bond acceptors (Lipinski definition) is 7. The number of aromatic nitrogens is 2. The molecule has 2 aromatic carbocycles. The van der Waals surface area contributed by atoms with Crippen LogP contribution in [0.15, 0.2) is 65.7 Å². The Bertz CT molecular complexity index is 1320. The summed E-state index contributed by atoms with van der Waals surface area (Å²) in [7, 11) is 0. The van der Waals surface area contributed by atoms with Crippen LogP contribution in [0.5, 0.6) is 0 Å². The third-order valence-corrected chi connectivity index (χ3v) is 7.68. The first kappa shape index (κ1) is 25.2. The van der Waals surface area contributed by atoms with Gasteiger partial charge in [0.25, 0.3) is 11.1 Å². The Labute approximate surface area is 221 Å². The van der Waals surface area contributed by atoms with Crippen molar-refractivity contribution in [2.24, 2.45) is 5.92 Å². The molecule has 2 aliphatic rings. The molecule has 1 aromatic heterocycles. The van der Waals surface area contributed by atoms with E-state index in [0.29, 0.717) is 28.5 Å². The Hall–Kier alpha value is -3.49. The molecule has 2 heterocycles. The predicted octanol–water partition coefficient (Wildman–Crippen LogP) is 5.54. The summed E-state index contributed by atoms with van der Waals surface area (Å²) in [6.45, 7) is 4.00. The molecule has 37 heavy (non-hydrogen) atoms. The maximum Gasteiger partial charge on any atom is 0.290 e. The SMILES string of the molecule is Cc1cccc(-c2ccccc2CNCC2CCC(Nc3nccc(/C=C4\SC(=O)NC4=O)n3)CC2)c1. The lowest BCUT2D eigenvalue weighted by Gasteiger charge is -2.29. The molecule has 1 aliphatic heterocycles. The first-order chi connectivity index (χ1) is 18.0. The standard InChI is InChI=1S/C29H31N5O2S/c1-19-5-4-7-21(15-19)25-8-3-2-6-22(25)18-30-17-20-9-11-23(12-10-20)32-28-31-14-13-24(33-28)16-26-27(35)34-29(36)37-26/h2-8,13-16,20,23,30H,9-12,17-18H2,1H3,(H,31,32,33)(H,34,35,36)/b26-16-. The minimum Gasteiger partial charge on any atom is -0.351 e. The van der Waals surface area contributed by atoms with Crippen molar-refractivity contribution in [3.8, 4) is 11.1 Å². The zero-order chi connectivity index (χ0) is 25.6. The van der Waals surface area contributed by atoms with Crippen molar-refractivity contribution >= 4 is 34.9 Å². The maximum absolute atomic E-state index is 11.8. The Morgan fingerprint density at radius 1 is 1.05 bits per heavy atom. The van der Waals surface area contributed by atoms with E-state index in [1.165, 1.54) is 22.3 Å². The normalized spacial score (nSPS) is 20.7. The monoisotopic (exact) mass is 513 g/mol. The van der Waals surface area contributed by atoms with Gasteiger partial charge in [-0.05, 0) is 85.7 Å². The number of amides is 2. The van der Waals surface area contributed by atoms with E-state index in [2.05, 4.69) is 81.4 Å². The molecule has 8 heteroatoms. The zero-order valence-electron chi connectivity index (χ0n) is 20.9. The molecule has 2 fully saturated rings. The average molecular weight is 514 g/mol. The summed E-state index contributed by atoms with van der Waals surface area (Å²) < 4.78 is 0. The molecule has 5 rings (SSSR count). The molecule has 1 saturated heterocycles. The predicted molar refractivity (Wildman–Crippen MR) is 149 cm³/mol. The number of nitrogens with one attached hydrogen (secondary N) is 3. The van der Waals surface area contributed by atoms with Crippen molar-refractivity contribution in [2.75, 3.05) is 11.9 Å². The molecule has 0 unspecified atom stereocenters. The van der Waals surface area contributed by atoms with Gasteiger partial charge in [0.05, 0.1) is 10.6 Å². The van der Waals surface area contributed by atoms with E-state index in [4.69, 9.17) is 0 Å². The molecule has 0 atom stereocenters. The number of rotatable bonds is 8. The lowest BCUT2D eigenvalue weighted by molar-refractivity contribution is -0.115. The van der Waals surface area contributed by atoms with Gasteiger partial charge >= 0.3 is 0 Å². The molecule has 0 radical (unpaired) electrons. The smallest absolute Gasteiger partial charge is 0.290 e. The fraction of sp³-hybridized carbons (Fsp3) is 0.310. The van der Waals surface area contributed by atoms with Crippen molar-refractivity contribution in [2.45, 2.75) is 45.2 Å². The maximum atomic E-state index is 11.8. The first-order valence-electron chi connectivity index (χ1n) is 12.7. The number of imide groups is 1. The zero-order valence-corrected chi connectivity index (χ0v) is 21.7. The van der Waals surface area contributed by atoms with Crippen LogP contribution >= 0.6 is 11.8 Å². The van der Waals surface area contributed by atoms with E-state index in [-0.39, 0.29) is 11.1 Å². The third-order valence-electron chi connectivity index (χ3n) is 6.87. The third kappa shape index (κ3) is 6.64. The number of aryl methyl sites for hydroxylation is 1. The Morgan fingerprint density at radius 2 is 1.89 bits per heavy atom. The highest BCUT2D eigenvalue weighted by molar-refractivity contribution is 8.18. The lowest BCUT2D eigenvalue weighted by Crippen LogP contribution is -2.31. The van der Waals surface area contributed by atoms with Crippen molar-refractivity contribution in [1.29, 1.82) is 0 Å². The summed E-state index contributed by atoms with van der Waals surface area (Å²) in [5.74, 6) is 0.823. The van der Waals surface area contributed by atoms with Crippen LogP contribution in [0, 0.1) is 12.8 Å². The van der Waals surface area contributed by atoms with E-state index in [1.807, 2.05) is 0 Å². The minimum absolute atomic E-state index is 0.326. The van der Waals surface area contributed by atoms with Gasteiger partial charge in [0.2, 0.25) is 5.95 Å². The van der Waals surface area contributed by atoms with Crippen LogP contribution in [0.25, 0.3) is 17.2 Å². The summed E-state index contributed by atoms with van der Waals surface area (Å²) in [5, 5.41) is 9.06. The van der Waals surface area contributed by atoms with E-state index in [1.54, 1.807) is 18.3 Å². The minimum atomic E-state index is -0.381. The van der Waals surface area contributed by atoms with E-state index in [0.717, 1.165) is 50.5 Å². The van der Waals surface area contributed by atoms with Crippen LogP contribution in [-0.4, -0.2) is 33.7 Å². The second kappa shape index (κ2) is 11.7. The number of anilines is 1. The topological polar surface area (TPSA) is 96.0 Å². The fourth-order valence-corrected chi connectivity index (χ4v) is 5.62. The highest BCUT2D eigenvalue weighted by Gasteiger charge is 2.25. The van der Waals surface area contributed by atoms with Gasteiger partial charge in [-0.15, -0.1) is 0 Å². The molecular formula is C29H31N5O2S. The van der Waals surface area contributed by atoms with Gasteiger partial charge in [0.15, 0.2) is 0 Å². The highest BCUT2D eigenvalue weighted by atomic mass is 32.2. The second-order valence-electron chi connectivity index (χ2n) is 9.68. The number of hydrogen-bond donors (Lipinski definition) is 3. The summed E-state index contributed by atoms with van der Waals surface area (Å²) in [4.78, 5) is 32.4. The number of thioether (sulfide) groups is 1. The van der Waals surface area contributed by atoms with Crippen LogP contribution in [-0.2, 0) is 11.3 Å². The van der Waals surface area contributed by atoms with Crippen LogP contribution in [0.4, 0.5) is 10.7 Å². The largest absolute Gasteiger partial charge is 0.351 e. The summed E-state index contributed by atoms with van der Waals surface area (Å²) in [5.41, 5.74) is 5.77. The highest BCUT2D eigenvalue weighted by Crippen LogP contribution is 2.28. The van der Waals surface area contributed by atoms with E-state index in [9.17, 15) is 9.59 Å². The van der Waals surface area contributed by atoms with Crippen molar-refractivity contribution in [3.63, 3.8) is 0 Å². The molecule has 3 N–H and O–H groups in total. The second-order valence-corrected chi connectivity index (χ2v) is 10.7. The lowest BCUT2D eigenvalue weighted by atomic mass is 9.86. The molecule has 190 valence electrons. The van der Waals surface area contributed by atoms with Crippen molar-refractivity contribution < 1.29 is 9.59 Å². The average Bonchev–Trinajstić information content (AvgIpc) is 3.21. The van der Waals surface area contributed by atoms with Crippen LogP contribution in [0.2, 0.25) is 0 Å². The Morgan fingerprint density at radius 3 is 2.68 bits per heavy atom. The van der Waals surface area contributed by atoms with Crippen molar-refractivity contribution in [3.05, 3.63) is 82.5 Å². The van der Waals surface area contributed by atoms with Crippen LogP contribution in [0.3, 0.4) is 0 Å². The van der Waals surface area contributed by atoms with Gasteiger partial charge in [-0.2, -0.15) is 0 Å². The molecule has 1 aliphatic carbocycles. The molecule has 0 spiro atoms. The number of carbonyl (C=O) groups excluding carboxylic acids is 2. The van der Waals surface area contributed by atoms with Crippen LogP contribution < -0.4 is 16.0 Å². The molecule has 7 nitrogen and oxygen atoms in total. The summed E-state index contributed by atoms with van der Waals surface area (Å²) in [6.07, 6.45) is 7.71. The molecule has 2 amide bonds. The fourth-order valence-electron chi connectivity index (χ4n) is 4.95. The Kier molecular flexibility index (Phi) is 7.96. The Balaban J connectivity index is 1.10. The molecule has 1 saturated carbocycles. The van der Waals surface area contributed by atoms with E-state index >= 15 is 0 Å². The molecular weight excluding hydrogens is 482 g/mol. The van der Waals surface area contributed by atoms with Gasteiger partial charge in [0, 0.05) is 18.8 Å². The summed E-state index contributed by atoms with van der Waals surface area (Å²) in [6, 6.07) is 19.4. The quantitative estimate of drug-likeness (QED) is 0.341. The molecule has 3 aromatic rings. The number of nitrogens with zero attached hydrogens (tertiary/aromatic N) is 2. The van der Waals surface area contributed by atoms with Gasteiger partial charge < -0.3 is 10.6 Å². The van der Waals surface area contributed by atoms with Crippen molar-refractivity contribution in [1.82, 2.24) is 20.6 Å². The number of carbonyl (C=O) groups is 2. The van der Waals surface area contributed by atoms with Gasteiger partial charge in [0.1, 0.15) is 0 Å². The first-order valence-corrected chi connectivity index (χ1v) is 13.6.